The Morgan fingerprint density at radius 2 is 2.07 bits per heavy atom. The maximum absolute atomic E-state index is 12.6. The van der Waals surface area contributed by atoms with E-state index in [1.165, 1.54) is 26.4 Å². The van der Waals surface area contributed by atoms with Crippen LogP contribution < -0.4 is 10.1 Å². The smallest absolute Gasteiger partial charge is 0.246 e. The van der Waals surface area contributed by atoms with E-state index < -0.39 is 10.0 Å². The second kappa shape index (κ2) is 7.80. The van der Waals surface area contributed by atoms with Crippen LogP contribution in [0.4, 0.5) is 5.69 Å². The average molecular weight is 392 g/mol. The molecule has 0 aliphatic heterocycles. The van der Waals surface area contributed by atoms with Crippen molar-refractivity contribution in [1.29, 1.82) is 0 Å². The Hall–Kier alpha value is -2.85. The lowest BCUT2D eigenvalue weighted by Gasteiger charge is -2.16. The highest BCUT2D eigenvalue weighted by molar-refractivity contribution is 7.89. The zero-order valence-electron chi connectivity index (χ0n) is 15.2. The van der Waals surface area contributed by atoms with Gasteiger partial charge in [0.15, 0.2) is 5.76 Å². The van der Waals surface area contributed by atoms with Gasteiger partial charge in [0.2, 0.25) is 21.7 Å². The second-order valence-electron chi connectivity index (χ2n) is 5.72. The molecule has 144 valence electrons. The van der Waals surface area contributed by atoms with Crippen LogP contribution in [-0.2, 0) is 16.6 Å². The fourth-order valence-electron chi connectivity index (χ4n) is 2.30. The lowest BCUT2D eigenvalue weighted by Crippen LogP contribution is -2.23. The van der Waals surface area contributed by atoms with Gasteiger partial charge in [-0.15, -0.1) is 0 Å². The summed E-state index contributed by atoms with van der Waals surface area (Å²) in [5, 5.41) is 6.92. The van der Waals surface area contributed by atoms with Crippen LogP contribution in [0.5, 0.6) is 5.75 Å². The Labute approximate surface area is 157 Å². The first kappa shape index (κ1) is 18.9. The second-order valence-corrected chi connectivity index (χ2v) is 7.84. The van der Waals surface area contributed by atoms with Crippen molar-refractivity contribution in [2.45, 2.75) is 18.4 Å². The predicted molar refractivity (Wildman–Crippen MR) is 97.8 cm³/mol. The van der Waals surface area contributed by atoms with Gasteiger partial charge in [0.1, 0.15) is 10.6 Å². The molecule has 0 atom stereocenters. The Morgan fingerprint density at radius 1 is 1.26 bits per heavy atom. The molecular weight excluding hydrogens is 372 g/mol. The fourth-order valence-corrected chi connectivity index (χ4v) is 3.35. The van der Waals surface area contributed by atoms with Crippen molar-refractivity contribution in [1.82, 2.24) is 14.4 Å². The molecule has 1 N–H and O–H groups in total. The van der Waals surface area contributed by atoms with Crippen molar-refractivity contribution in [3.8, 4) is 17.3 Å². The van der Waals surface area contributed by atoms with Gasteiger partial charge >= 0.3 is 0 Å². The number of anilines is 1. The molecule has 0 amide bonds. The van der Waals surface area contributed by atoms with E-state index in [2.05, 4.69) is 15.5 Å². The van der Waals surface area contributed by atoms with Crippen LogP contribution in [0.15, 0.2) is 50.4 Å². The van der Waals surface area contributed by atoms with E-state index in [0.29, 0.717) is 35.5 Å². The summed E-state index contributed by atoms with van der Waals surface area (Å²) in [6, 6.07) is 8.32. The fraction of sp³-hybridized carbons (Fsp3) is 0.294. The Morgan fingerprint density at radius 3 is 2.74 bits per heavy atom. The number of nitrogens with zero attached hydrogens (tertiary/aromatic N) is 3. The minimum absolute atomic E-state index is 0.0844. The zero-order chi connectivity index (χ0) is 19.4. The van der Waals surface area contributed by atoms with Crippen molar-refractivity contribution in [3.63, 3.8) is 0 Å². The number of rotatable bonds is 8. The van der Waals surface area contributed by atoms with Gasteiger partial charge in [0.25, 0.3) is 0 Å². The summed E-state index contributed by atoms with van der Waals surface area (Å²) in [7, 11) is -0.712. The van der Waals surface area contributed by atoms with E-state index in [1.54, 1.807) is 31.2 Å². The van der Waals surface area contributed by atoms with Crippen molar-refractivity contribution < 1.29 is 22.1 Å². The molecule has 0 saturated carbocycles. The van der Waals surface area contributed by atoms with Crippen LogP contribution in [0, 0.1) is 0 Å². The van der Waals surface area contributed by atoms with Gasteiger partial charge in [0.05, 0.1) is 19.4 Å². The number of aromatic nitrogens is 2. The van der Waals surface area contributed by atoms with E-state index >= 15 is 0 Å². The standard InChI is InChI=1S/C17H20N4O5S/c1-4-24-13-8-7-12(10-15(13)27(22,23)21(2)3)18-11-16-19-17(20-26-16)14-6-5-9-25-14/h5-10,18H,4,11H2,1-3H3. The van der Waals surface area contributed by atoms with E-state index in [9.17, 15) is 8.42 Å². The van der Waals surface area contributed by atoms with E-state index in [4.69, 9.17) is 13.7 Å². The SMILES string of the molecule is CCOc1ccc(NCc2nc(-c3ccco3)no2)cc1S(=O)(=O)N(C)C. The highest BCUT2D eigenvalue weighted by Gasteiger charge is 2.23. The number of hydrogen-bond donors (Lipinski definition) is 1. The molecule has 0 radical (unpaired) electrons. The van der Waals surface area contributed by atoms with Crippen LogP contribution in [0.2, 0.25) is 0 Å². The highest BCUT2D eigenvalue weighted by Crippen LogP contribution is 2.29. The first-order valence-electron chi connectivity index (χ1n) is 8.21. The maximum atomic E-state index is 12.6. The quantitative estimate of drug-likeness (QED) is 0.623. The normalized spacial score (nSPS) is 11.7. The number of benzene rings is 1. The number of ether oxygens (including phenoxy) is 1. The molecule has 0 fully saturated rings. The molecule has 0 bridgehead atoms. The summed E-state index contributed by atoms with van der Waals surface area (Å²) in [4.78, 5) is 4.31. The summed E-state index contributed by atoms with van der Waals surface area (Å²) in [6.07, 6.45) is 1.52. The maximum Gasteiger partial charge on any atom is 0.246 e. The largest absolute Gasteiger partial charge is 0.492 e. The number of hydrogen-bond acceptors (Lipinski definition) is 8. The van der Waals surface area contributed by atoms with Gasteiger partial charge in [-0.3, -0.25) is 0 Å². The van der Waals surface area contributed by atoms with E-state index in [0.717, 1.165) is 4.31 Å². The van der Waals surface area contributed by atoms with Gasteiger partial charge in [-0.25, -0.2) is 12.7 Å². The summed E-state index contributed by atoms with van der Waals surface area (Å²) in [6.45, 7) is 2.38. The molecule has 10 heteroatoms. The van der Waals surface area contributed by atoms with Crippen molar-refractivity contribution in [2.75, 3.05) is 26.0 Å². The van der Waals surface area contributed by atoms with Gasteiger partial charge in [-0.05, 0) is 37.3 Å². The van der Waals surface area contributed by atoms with Crippen LogP contribution >= 0.6 is 0 Å². The third kappa shape index (κ3) is 4.12. The molecule has 3 rings (SSSR count). The number of sulfonamides is 1. The summed E-state index contributed by atoms with van der Waals surface area (Å²) in [5.74, 6) is 1.49. The molecule has 0 aliphatic carbocycles. The summed E-state index contributed by atoms with van der Waals surface area (Å²) >= 11 is 0. The summed E-state index contributed by atoms with van der Waals surface area (Å²) in [5.41, 5.74) is 0.580. The number of furan rings is 1. The van der Waals surface area contributed by atoms with Gasteiger partial charge < -0.3 is 19.0 Å². The van der Waals surface area contributed by atoms with E-state index in [1.807, 2.05) is 0 Å². The molecule has 0 saturated heterocycles. The minimum atomic E-state index is -3.66. The summed E-state index contributed by atoms with van der Waals surface area (Å²) < 4.78 is 42.1. The molecule has 0 spiro atoms. The first-order chi connectivity index (χ1) is 12.9. The highest BCUT2D eigenvalue weighted by atomic mass is 32.2. The Bertz CT molecular complexity index is 996. The predicted octanol–water partition coefficient (Wildman–Crippen LogP) is 2.59. The van der Waals surface area contributed by atoms with E-state index in [-0.39, 0.29) is 11.4 Å². The van der Waals surface area contributed by atoms with Crippen molar-refractivity contribution in [2.24, 2.45) is 0 Å². The van der Waals surface area contributed by atoms with Gasteiger partial charge in [0, 0.05) is 19.8 Å². The van der Waals surface area contributed by atoms with Crippen LogP contribution in [-0.4, -0.2) is 43.6 Å². The lowest BCUT2D eigenvalue weighted by molar-refractivity contribution is 0.330. The molecule has 3 aromatic rings. The Kier molecular flexibility index (Phi) is 5.47. The van der Waals surface area contributed by atoms with Crippen molar-refractivity contribution in [3.05, 3.63) is 42.5 Å². The van der Waals surface area contributed by atoms with Gasteiger partial charge in [-0.1, -0.05) is 5.16 Å². The monoisotopic (exact) mass is 392 g/mol. The zero-order valence-corrected chi connectivity index (χ0v) is 16.0. The first-order valence-corrected chi connectivity index (χ1v) is 9.65. The average Bonchev–Trinajstić information content (AvgIpc) is 3.32. The van der Waals surface area contributed by atoms with Crippen LogP contribution in [0.1, 0.15) is 12.8 Å². The molecule has 2 heterocycles. The van der Waals surface area contributed by atoms with Gasteiger partial charge in [-0.2, -0.15) is 4.98 Å². The Balaban J connectivity index is 1.79. The third-order valence-electron chi connectivity index (χ3n) is 3.66. The third-order valence-corrected chi connectivity index (χ3v) is 5.49. The molecular formula is C17H20N4O5S. The lowest BCUT2D eigenvalue weighted by atomic mass is 10.3. The van der Waals surface area contributed by atoms with Crippen molar-refractivity contribution >= 4 is 15.7 Å². The molecule has 2 aromatic heterocycles. The number of nitrogens with one attached hydrogen (secondary N) is 1. The topological polar surface area (TPSA) is 111 Å². The molecule has 1 aromatic carbocycles. The minimum Gasteiger partial charge on any atom is -0.492 e. The van der Waals surface area contributed by atoms with Crippen LogP contribution in [0.3, 0.4) is 0 Å². The molecule has 27 heavy (non-hydrogen) atoms. The van der Waals surface area contributed by atoms with Crippen LogP contribution in [0.25, 0.3) is 11.6 Å². The molecule has 0 unspecified atom stereocenters. The molecule has 9 nitrogen and oxygen atoms in total. The molecule has 0 aliphatic rings.